The molecule has 1 fully saturated rings. The van der Waals surface area contributed by atoms with Gasteiger partial charge in [0.05, 0.1) is 12.3 Å². The van der Waals surface area contributed by atoms with Crippen LogP contribution in [0.25, 0.3) is 0 Å². The second-order valence-corrected chi connectivity index (χ2v) is 6.84. The first kappa shape index (κ1) is 17.7. The standard InChI is InChI=1S/C18H22FN5O3/c19-14-5-3-12-10-26-7-1-6-20-18(25)27-13-4-2-11(8-13)15-9-16(24-23-15)22-17(14)21-12/h3,5,9,11,13H,1-2,4,6-8,10H2,(H,20,25)(H2,21,22,23,24)/t11-,13+/m0/s1. The highest BCUT2D eigenvalue weighted by Gasteiger charge is 2.30. The summed E-state index contributed by atoms with van der Waals surface area (Å²) >= 11 is 0. The number of nitrogens with one attached hydrogen (secondary N) is 3. The van der Waals surface area contributed by atoms with E-state index in [0.29, 0.717) is 31.1 Å². The molecule has 1 saturated carbocycles. The summed E-state index contributed by atoms with van der Waals surface area (Å²) in [6.07, 6.45) is 2.60. The van der Waals surface area contributed by atoms with E-state index < -0.39 is 11.9 Å². The molecule has 0 unspecified atom stereocenters. The van der Waals surface area contributed by atoms with Gasteiger partial charge in [0.25, 0.3) is 0 Å². The number of pyridine rings is 1. The SMILES string of the molecule is O=C1NCCCOCc2ccc(F)c(n2)Nc2cc([nH]n2)[C@H]2CC[C@H](C2)O1. The Balaban J connectivity index is 1.54. The van der Waals surface area contributed by atoms with Gasteiger partial charge in [0.1, 0.15) is 6.10 Å². The number of carbonyl (C=O) groups excluding carboxylic acids is 1. The Morgan fingerprint density at radius 1 is 1.26 bits per heavy atom. The van der Waals surface area contributed by atoms with E-state index in [1.54, 1.807) is 6.07 Å². The summed E-state index contributed by atoms with van der Waals surface area (Å²) in [7, 11) is 0. The van der Waals surface area contributed by atoms with Crippen molar-refractivity contribution in [3.63, 3.8) is 0 Å². The fourth-order valence-electron chi connectivity index (χ4n) is 3.45. The molecule has 9 heteroatoms. The summed E-state index contributed by atoms with van der Waals surface area (Å²) in [5.74, 6) is 0.393. The number of anilines is 2. The number of carbonyl (C=O) groups is 1. The summed E-state index contributed by atoms with van der Waals surface area (Å²) in [5, 5.41) is 12.9. The monoisotopic (exact) mass is 375 g/mol. The second-order valence-electron chi connectivity index (χ2n) is 6.84. The molecule has 3 N–H and O–H groups in total. The first-order chi connectivity index (χ1) is 13.2. The van der Waals surface area contributed by atoms with Crippen molar-refractivity contribution in [3.05, 3.63) is 35.4 Å². The fraction of sp³-hybridized carbons (Fsp3) is 0.500. The van der Waals surface area contributed by atoms with Gasteiger partial charge in [-0.2, -0.15) is 5.10 Å². The topological polar surface area (TPSA) is 101 Å². The van der Waals surface area contributed by atoms with Crippen LogP contribution in [0.15, 0.2) is 18.2 Å². The van der Waals surface area contributed by atoms with Crippen LogP contribution in [0.3, 0.4) is 0 Å². The van der Waals surface area contributed by atoms with E-state index in [4.69, 9.17) is 9.47 Å². The van der Waals surface area contributed by atoms with E-state index >= 15 is 0 Å². The van der Waals surface area contributed by atoms with Crippen molar-refractivity contribution in [2.45, 2.75) is 44.3 Å². The number of aromatic nitrogens is 3. The number of H-pyrrole nitrogens is 1. The lowest BCUT2D eigenvalue weighted by Gasteiger charge is -2.13. The lowest BCUT2D eigenvalue weighted by atomic mass is 10.0. The molecule has 144 valence electrons. The summed E-state index contributed by atoms with van der Waals surface area (Å²) in [6.45, 7) is 1.19. The van der Waals surface area contributed by atoms with Gasteiger partial charge >= 0.3 is 6.09 Å². The van der Waals surface area contributed by atoms with Crippen molar-refractivity contribution in [1.29, 1.82) is 0 Å². The van der Waals surface area contributed by atoms with E-state index in [-0.39, 0.29) is 24.4 Å². The molecule has 0 radical (unpaired) electrons. The molecular weight excluding hydrogens is 353 g/mol. The third-order valence-corrected chi connectivity index (χ3v) is 4.83. The summed E-state index contributed by atoms with van der Waals surface area (Å²) in [5.41, 5.74) is 1.55. The molecule has 1 aliphatic heterocycles. The molecule has 1 amide bonds. The number of nitrogens with zero attached hydrogens (tertiary/aromatic N) is 2. The zero-order chi connectivity index (χ0) is 18.6. The number of aromatic amines is 1. The van der Waals surface area contributed by atoms with E-state index in [1.165, 1.54) is 6.07 Å². The highest BCUT2D eigenvalue weighted by molar-refractivity contribution is 5.67. The number of rotatable bonds is 0. The van der Waals surface area contributed by atoms with Crippen LogP contribution in [0, 0.1) is 5.82 Å². The molecule has 4 rings (SSSR count). The minimum Gasteiger partial charge on any atom is -0.446 e. The molecule has 8 nitrogen and oxygen atoms in total. The van der Waals surface area contributed by atoms with Crippen molar-refractivity contribution in [3.8, 4) is 0 Å². The fourth-order valence-corrected chi connectivity index (χ4v) is 3.45. The number of alkyl carbamates (subject to hydrolysis) is 1. The predicted octanol–water partition coefficient (Wildman–Crippen LogP) is 2.97. The largest absolute Gasteiger partial charge is 0.446 e. The van der Waals surface area contributed by atoms with E-state index in [0.717, 1.165) is 25.0 Å². The van der Waals surface area contributed by atoms with Crippen LogP contribution >= 0.6 is 0 Å². The van der Waals surface area contributed by atoms with Gasteiger partial charge in [0.2, 0.25) is 0 Å². The Hall–Kier alpha value is -2.68. The van der Waals surface area contributed by atoms with Crippen molar-refractivity contribution < 1.29 is 18.7 Å². The molecule has 6 bridgehead atoms. The lowest BCUT2D eigenvalue weighted by Crippen LogP contribution is -2.29. The molecule has 27 heavy (non-hydrogen) atoms. The molecule has 3 heterocycles. The quantitative estimate of drug-likeness (QED) is 0.654. The van der Waals surface area contributed by atoms with Gasteiger partial charge in [-0.25, -0.2) is 14.2 Å². The second kappa shape index (κ2) is 7.91. The van der Waals surface area contributed by atoms with Crippen molar-refractivity contribution in [2.75, 3.05) is 18.5 Å². The summed E-state index contributed by atoms with van der Waals surface area (Å²) in [4.78, 5) is 16.2. The van der Waals surface area contributed by atoms with Crippen LogP contribution in [0.2, 0.25) is 0 Å². The number of amides is 1. The Morgan fingerprint density at radius 2 is 2.19 bits per heavy atom. The Kier molecular flexibility index (Phi) is 5.19. The minimum atomic E-state index is -0.449. The Bertz CT molecular complexity index is 812. The first-order valence-electron chi connectivity index (χ1n) is 9.17. The summed E-state index contributed by atoms with van der Waals surface area (Å²) < 4.78 is 25.1. The average Bonchev–Trinajstić information content (AvgIpc) is 3.29. The van der Waals surface area contributed by atoms with Crippen molar-refractivity contribution in [1.82, 2.24) is 20.5 Å². The van der Waals surface area contributed by atoms with Gasteiger partial charge in [-0.3, -0.25) is 5.10 Å². The average molecular weight is 375 g/mol. The molecule has 0 aromatic carbocycles. The van der Waals surface area contributed by atoms with Crippen LogP contribution in [0.1, 0.15) is 43.0 Å². The van der Waals surface area contributed by atoms with Gasteiger partial charge in [-0.1, -0.05) is 0 Å². The van der Waals surface area contributed by atoms with Crippen LogP contribution in [-0.2, 0) is 16.1 Å². The number of hydrogen-bond donors (Lipinski definition) is 3. The molecule has 2 aromatic rings. The minimum absolute atomic E-state index is 0.111. The maximum absolute atomic E-state index is 14.1. The van der Waals surface area contributed by atoms with Crippen LogP contribution in [0.5, 0.6) is 0 Å². The van der Waals surface area contributed by atoms with Crippen LogP contribution in [-0.4, -0.2) is 40.5 Å². The molecule has 0 spiro atoms. The molecule has 1 aliphatic carbocycles. The van der Waals surface area contributed by atoms with Gasteiger partial charge in [0.15, 0.2) is 17.5 Å². The third-order valence-electron chi connectivity index (χ3n) is 4.83. The number of halogens is 1. The molecule has 2 aliphatic rings. The zero-order valence-corrected chi connectivity index (χ0v) is 14.8. The molecule has 2 atom stereocenters. The van der Waals surface area contributed by atoms with E-state index in [2.05, 4.69) is 25.8 Å². The van der Waals surface area contributed by atoms with Crippen LogP contribution in [0.4, 0.5) is 20.8 Å². The molecule has 2 aromatic heterocycles. The van der Waals surface area contributed by atoms with Gasteiger partial charge in [-0.05, 0) is 37.8 Å². The number of ether oxygens (including phenoxy) is 2. The maximum atomic E-state index is 14.1. The Morgan fingerprint density at radius 3 is 3.11 bits per heavy atom. The first-order valence-corrected chi connectivity index (χ1v) is 9.17. The maximum Gasteiger partial charge on any atom is 0.407 e. The van der Waals surface area contributed by atoms with Crippen molar-refractivity contribution >= 4 is 17.7 Å². The van der Waals surface area contributed by atoms with E-state index in [9.17, 15) is 9.18 Å². The molecular formula is C18H22FN5O3. The zero-order valence-electron chi connectivity index (χ0n) is 14.8. The third kappa shape index (κ3) is 4.36. The normalized spacial score (nSPS) is 23.5. The van der Waals surface area contributed by atoms with Gasteiger partial charge < -0.3 is 20.1 Å². The highest BCUT2D eigenvalue weighted by Crippen LogP contribution is 2.36. The molecule has 0 saturated heterocycles. The number of hydrogen-bond acceptors (Lipinski definition) is 6. The smallest absolute Gasteiger partial charge is 0.407 e. The van der Waals surface area contributed by atoms with Gasteiger partial charge in [-0.15, -0.1) is 0 Å². The number of fused-ring (bicyclic) bond motifs is 7. The van der Waals surface area contributed by atoms with Gasteiger partial charge in [0, 0.05) is 30.8 Å². The summed E-state index contributed by atoms with van der Waals surface area (Å²) in [6, 6.07) is 4.79. The van der Waals surface area contributed by atoms with E-state index in [1.807, 2.05) is 6.07 Å². The predicted molar refractivity (Wildman–Crippen MR) is 95.2 cm³/mol. The van der Waals surface area contributed by atoms with Crippen LogP contribution < -0.4 is 10.6 Å². The Labute approximate surface area is 155 Å². The lowest BCUT2D eigenvalue weighted by molar-refractivity contribution is 0.0956. The van der Waals surface area contributed by atoms with Crippen molar-refractivity contribution in [2.24, 2.45) is 0 Å². The highest BCUT2D eigenvalue weighted by atomic mass is 19.1.